The van der Waals surface area contributed by atoms with Crippen molar-refractivity contribution in [3.8, 4) is 11.5 Å². The van der Waals surface area contributed by atoms with Crippen LogP contribution < -0.4 is 15.1 Å². The summed E-state index contributed by atoms with van der Waals surface area (Å²) in [5.41, 5.74) is 0.0484. The molecule has 2 aromatic carbocycles. The van der Waals surface area contributed by atoms with Crippen molar-refractivity contribution in [1.82, 2.24) is 0 Å². The molecule has 0 saturated heterocycles. The fourth-order valence-electron chi connectivity index (χ4n) is 2.75. The number of carbonyl (C=O) groups is 1. The van der Waals surface area contributed by atoms with Crippen molar-refractivity contribution in [3.63, 3.8) is 0 Å². The number of benzene rings is 2. The van der Waals surface area contributed by atoms with Gasteiger partial charge in [-0.15, -0.1) is 0 Å². The number of carbonyl (C=O) groups excluding carboxylic acids is 1. The lowest BCUT2D eigenvalue weighted by atomic mass is 10.0. The summed E-state index contributed by atoms with van der Waals surface area (Å²) in [7, 11) is 4.33. The first-order chi connectivity index (χ1) is 13.1. The molecule has 0 saturated carbocycles. The average Bonchev–Trinajstić information content (AvgIpc) is 2.69. The summed E-state index contributed by atoms with van der Waals surface area (Å²) in [6.07, 6.45) is 2.51. The molecule has 0 aliphatic carbocycles. The molecule has 0 fully saturated rings. The molecule has 140 valence electrons. The Hall–Kier alpha value is -3.32. The van der Waals surface area contributed by atoms with Crippen LogP contribution in [0, 0.1) is 0 Å². The number of hydrogen-bond donors (Lipinski definition) is 0. The summed E-state index contributed by atoms with van der Waals surface area (Å²) in [6.45, 7) is 0.0709. The SMILES string of the molecule is COCOc1cccc2c1c(OC)cc1cc(/C=C/C(=O)OC)c(=O)oc12. The summed E-state index contributed by atoms with van der Waals surface area (Å²) in [5.74, 6) is 0.539. The summed E-state index contributed by atoms with van der Waals surface area (Å²) < 4.78 is 26.1. The Morgan fingerprint density at radius 3 is 2.67 bits per heavy atom. The van der Waals surface area contributed by atoms with E-state index in [1.807, 2.05) is 6.07 Å². The molecule has 27 heavy (non-hydrogen) atoms. The Balaban J connectivity index is 2.25. The van der Waals surface area contributed by atoms with E-state index in [0.29, 0.717) is 33.2 Å². The van der Waals surface area contributed by atoms with Crippen LogP contribution in [0.1, 0.15) is 5.56 Å². The second-order valence-corrected chi connectivity index (χ2v) is 5.57. The van der Waals surface area contributed by atoms with Crippen LogP contribution in [0.5, 0.6) is 11.5 Å². The van der Waals surface area contributed by atoms with Crippen LogP contribution in [-0.2, 0) is 14.3 Å². The third-order valence-electron chi connectivity index (χ3n) is 3.96. The molecule has 0 bridgehead atoms. The molecule has 0 atom stereocenters. The van der Waals surface area contributed by atoms with Crippen LogP contribution in [0.3, 0.4) is 0 Å². The van der Waals surface area contributed by atoms with E-state index in [4.69, 9.17) is 18.6 Å². The molecule has 0 unspecified atom stereocenters. The van der Waals surface area contributed by atoms with Crippen LogP contribution >= 0.6 is 0 Å². The monoisotopic (exact) mass is 370 g/mol. The minimum atomic E-state index is -0.572. The summed E-state index contributed by atoms with van der Waals surface area (Å²) in [6, 6.07) is 8.76. The molecular weight excluding hydrogens is 352 g/mol. The third kappa shape index (κ3) is 3.63. The Kier molecular flexibility index (Phi) is 5.42. The smallest absolute Gasteiger partial charge is 0.343 e. The molecule has 0 spiro atoms. The zero-order valence-corrected chi connectivity index (χ0v) is 15.1. The number of fused-ring (bicyclic) bond motifs is 3. The molecule has 3 rings (SSSR count). The minimum Gasteiger partial charge on any atom is -0.496 e. The quantitative estimate of drug-likeness (QED) is 0.217. The van der Waals surface area contributed by atoms with Crippen LogP contribution in [-0.4, -0.2) is 34.1 Å². The Bertz CT molecular complexity index is 1080. The predicted molar refractivity (Wildman–Crippen MR) is 100 cm³/mol. The van der Waals surface area contributed by atoms with E-state index in [1.165, 1.54) is 20.3 Å². The van der Waals surface area contributed by atoms with Gasteiger partial charge in [0.15, 0.2) is 6.79 Å². The second kappa shape index (κ2) is 7.92. The highest BCUT2D eigenvalue weighted by molar-refractivity contribution is 6.10. The van der Waals surface area contributed by atoms with Gasteiger partial charge in [0.1, 0.15) is 17.1 Å². The fraction of sp³-hybridized carbons (Fsp3) is 0.200. The van der Waals surface area contributed by atoms with E-state index in [-0.39, 0.29) is 12.4 Å². The molecule has 7 nitrogen and oxygen atoms in total. The lowest BCUT2D eigenvalue weighted by Gasteiger charge is -2.13. The van der Waals surface area contributed by atoms with Crippen molar-refractivity contribution >= 4 is 33.8 Å². The van der Waals surface area contributed by atoms with Crippen LogP contribution in [0.4, 0.5) is 0 Å². The van der Waals surface area contributed by atoms with Gasteiger partial charge in [-0.2, -0.15) is 0 Å². The highest BCUT2D eigenvalue weighted by Crippen LogP contribution is 2.39. The van der Waals surface area contributed by atoms with Gasteiger partial charge in [0.2, 0.25) is 0 Å². The highest BCUT2D eigenvalue weighted by atomic mass is 16.7. The predicted octanol–water partition coefficient (Wildman–Crippen LogP) is 3.12. The van der Waals surface area contributed by atoms with Crippen LogP contribution in [0.15, 0.2) is 45.6 Å². The molecule has 0 aliphatic heterocycles. The summed E-state index contributed by atoms with van der Waals surface area (Å²) >= 11 is 0. The van der Waals surface area contributed by atoms with Gasteiger partial charge in [0, 0.05) is 24.0 Å². The third-order valence-corrected chi connectivity index (χ3v) is 3.96. The van der Waals surface area contributed by atoms with E-state index in [9.17, 15) is 9.59 Å². The van der Waals surface area contributed by atoms with Crippen LogP contribution in [0.25, 0.3) is 27.8 Å². The van der Waals surface area contributed by atoms with Gasteiger partial charge in [-0.25, -0.2) is 9.59 Å². The fourth-order valence-corrected chi connectivity index (χ4v) is 2.75. The van der Waals surface area contributed by atoms with Crippen molar-refractivity contribution in [2.45, 2.75) is 0 Å². The Labute approximate surface area is 154 Å². The molecular formula is C20H18O7. The lowest BCUT2D eigenvalue weighted by molar-refractivity contribution is -0.134. The first kappa shape index (κ1) is 18.5. The maximum absolute atomic E-state index is 12.3. The average molecular weight is 370 g/mol. The molecule has 0 N–H and O–H groups in total. The van der Waals surface area contributed by atoms with Crippen molar-refractivity contribution in [1.29, 1.82) is 0 Å². The normalized spacial score (nSPS) is 11.2. The van der Waals surface area contributed by atoms with Gasteiger partial charge >= 0.3 is 11.6 Å². The van der Waals surface area contributed by atoms with Gasteiger partial charge in [-0.1, -0.05) is 12.1 Å². The van der Waals surface area contributed by atoms with Crippen LogP contribution in [0.2, 0.25) is 0 Å². The van der Waals surface area contributed by atoms with Gasteiger partial charge in [0.25, 0.3) is 0 Å². The molecule has 7 heteroatoms. The minimum absolute atomic E-state index is 0.0709. The lowest BCUT2D eigenvalue weighted by Crippen LogP contribution is -2.04. The topological polar surface area (TPSA) is 84.2 Å². The number of esters is 1. The van der Waals surface area contributed by atoms with E-state index >= 15 is 0 Å². The summed E-state index contributed by atoms with van der Waals surface area (Å²) in [5, 5.41) is 1.98. The second-order valence-electron chi connectivity index (χ2n) is 5.57. The van der Waals surface area contributed by atoms with Gasteiger partial charge < -0.3 is 23.4 Å². The van der Waals surface area contributed by atoms with Gasteiger partial charge in [-0.05, 0) is 24.3 Å². The first-order valence-corrected chi connectivity index (χ1v) is 8.04. The number of ether oxygens (including phenoxy) is 4. The number of rotatable bonds is 6. The molecule has 0 aliphatic rings. The Morgan fingerprint density at radius 2 is 1.96 bits per heavy atom. The standard InChI is InChI=1S/C20H18O7/c1-23-11-26-15-6-4-5-14-18(15)16(24-2)10-13-9-12(7-8-17(21)25-3)20(22)27-19(13)14/h4-10H,11H2,1-3H3/b8-7+. The summed E-state index contributed by atoms with van der Waals surface area (Å²) in [4.78, 5) is 23.6. The van der Waals surface area contributed by atoms with E-state index < -0.39 is 11.6 Å². The largest absolute Gasteiger partial charge is 0.496 e. The first-order valence-electron chi connectivity index (χ1n) is 8.04. The number of methoxy groups -OCH3 is 3. The van der Waals surface area contributed by atoms with E-state index in [0.717, 1.165) is 6.08 Å². The van der Waals surface area contributed by atoms with Crippen molar-refractivity contribution < 1.29 is 28.2 Å². The molecule has 0 radical (unpaired) electrons. The number of hydrogen-bond acceptors (Lipinski definition) is 7. The van der Waals surface area contributed by atoms with E-state index in [2.05, 4.69) is 4.74 Å². The van der Waals surface area contributed by atoms with Crippen molar-refractivity contribution in [2.75, 3.05) is 28.1 Å². The van der Waals surface area contributed by atoms with Crippen molar-refractivity contribution in [3.05, 3.63) is 52.4 Å². The highest BCUT2D eigenvalue weighted by Gasteiger charge is 2.15. The molecule has 1 aromatic heterocycles. The van der Waals surface area contributed by atoms with Crippen molar-refractivity contribution in [2.24, 2.45) is 0 Å². The molecule has 0 amide bonds. The maximum atomic E-state index is 12.3. The maximum Gasteiger partial charge on any atom is 0.343 e. The van der Waals surface area contributed by atoms with E-state index in [1.54, 1.807) is 31.4 Å². The molecule has 1 heterocycles. The van der Waals surface area contributed by atoms with Gasteiger partial charge in [-0.3, -0.25) is 0 Å². The molecule has 3 aromatic rings. The zero-order valence-electron chi connectivity index (χ0n) is 15.1. The van der Waals surface area contributed by atoms with Gasteiger partial charge in [0.05, 0.1) is 25.2 Å². The zero-order chi connectivity index (χ0) is 19.4. The Morgan fingerprint density at radius 1 is 1.15 bits per heavy atom.